The number of benzene rings is 2. The number of ether oxygens (including phenoxy) is 1. The number of aromatic nitrogens is 1. The first-order valence-corrected chi connectivity index (χ1v) is 13.8. The molecular weight excluding hydrogens is 537 g/mol. The van der Waals surface area contributed by atoms with Gasteiger partial charge in [0.2, 0.25) is 5.91 Å². The van der Waals surface area contributed by atoms with Crippen molar-refractivity contribution in [3.63, 3.8) is 0 Å². The SMILES string of the molecule is C=C(Nc1ccc(Oc2cccc(Cl)c2)c(Cl)c1)c1c(N=CN)ccn1CCNC(=O)CS(=O)(=O)CC. The first-order chi connectivity index (χ1) is 17.6. The van der Waals surface area contributed by atoms with Gasteiger partial charge in [-0.1, -0.05) is 42.8 Å². The van der Waals surface area contributed by atoms with Gasteiger partial charge in [0.25, 0.3) is 0 Å². The summed E-state index contributed by atoms with van der Waals surface area (Å²) in [5.41, 5.74) is 7.86. The lowest BCUT2D eigenvalue weighted by Crippen LogP contribution is -2.33. The molecular formula is C25H27Cl2N5O4S. The maximum Gasteiger partial charge on any atom is 0.235 e. The van der Waals surface area contributed by atoms with Crippen LogP contribution >= 0.6 is 23.2 Å². The minimum atomic E-state index is -3.40. The fourth-order valence-corrected chi connectivity index (χ4v) is 4.49. The van der Waals surface area contributed by atoms with Crippen LogP contribution in [0.4, 0.5) is 11.4 Å². The second-order valence-corrected chi connectivity index (χ2v) is 11.1. The molecule has 3 aromatic rings. The quantitative estimate of drug-likeness (QED) is 0.213. The summed E-state index contributed by atoms with van der Waals surface area (Å²) in [6, 6.07) is 13.9. The van der Waals surface area contributed by atoms with Gasteiger partial charge in [-0.3, -0.25) is 4.79 Å². The van der Waals surface area contributed by atoms with E-state index in [1.165, 1.54) is 13.3 Å². The molecule has 9 nitrogen and oxygen atoms in total. The number of aliphatic imine (C=N–C) groups is 1. The lowest BCUT2D eigenvalue weighted by Gasteiger charge is -2.16. The van der Waals surface area contributed by atoms with Crippen molar-refractivity contribution >= 4 is 62.4 Å². The minimum absolute atomic E-state index is 0.0914. The fourth-order valence-electron chi connectivity index (χ4n) is 3.38. The molecule has 0 spiro atoms. The molecule has 4 N–H and O–H groups in total. The molecule has 2 aromatic carbocycles. The average Bonchev–Trinajstić information content (AvgIpc) is 3.23. The Morgan fingerprint density at radius 1 is 1.22 bits per heavy atom. The number of nitrogens with zero attached hydrogens (tertiary/aromatic N) is 2. The van der Waals surface area contributed by atoms with Crippen LogP contribution in [-0.2, 0) is 21.2 Å². The zero-order valence-electron chi connectivity index (χ0n) is 20.1. The van der Waals surface area contributed by atoms with E-state index in [1.807, 2.05) is 4.57 Å². The first-order valence-electron chi connectivity index (χ1n) is 11.2. The molecule has 0 radical (unpaired) electrons. The molecule has 3 rings (SSSR count). The Morgan fingerprint density at radius 3 is 2.68 bits per heavy atom. The van der Waals surface area contributed by atoms with Gasteiger partial charge in [-0.2, -0.15) is 0 Å². The molecule has 0 saturated carbocycles. The number of anilines is 1. The number of halogens is 2. The Balaban J connectivity index is 1.71. The Kier molecular flexibility index (Phi) is 9.62. The van der Waals surface area contributed by atoms with Gasteiger partial charge in [-0.25, -0.2) is 13.4 Å². The summed E-state index contributed by atoms with van der Waals surface area (Å²) in [6.07, 6.45) is 2.95. The predicted octanol–water partition coefficient (Wildman–Crippen LogP) is 4.84. The van der Waals surface area contributed by atoms with E-state index >= 15 is 0 Å². The Bertz CT molecular complexity index is 1420. The van der Waals surface area contributed by atoms with Crippen LogP contribution in [0.1, 0.15) is 12.6 Å². The van der Waals surface area contributed by atoms with E-state index in [-0.39, 0.29) is 12.3 Å². The van der Waals surface area contributed by atoms with Crippen molar-refractivity contribution in [3.8, 4) is 11.5 Å². The molecule has 1 aromatic heterocycles. The van der Waals surface area contributed by atoms with Crippen molar-refractivity contribution < 1.29 is 17.9 Å². The number of sulfone groups is 1. The highest BCUT2D eigenvalue weighted by Crippen LogP contribution is 2.34. The number of hydrogen-bond acceptors (Lipinski definition) is 6. The van der Waals surface area contributed by atoms with E-state index in [0.29, 0.717) is 50.9 Å². The van der Waals surface area contributed by atoms with Gasteiger partial charge in [-0.05, 0) is 42.5 Å². The van der Waals surface area contributed by atoms with Crippen LogP contribution in [0.3, 0.4) is 0 Å². The largest absolute Gasteiger partial charge is 0.456 e. The van der Waals surface area contributed by atoms with E-state index in [0.717, 1.165) is 0 Å². The highest BCUT2D eigenvalue weighted by atomic mass is 35.5. The molecule has 0 fully saturated rings. The fraction of sp³-hybridized carbons (Fsp3) is 0.200. The maximum absolute atomic E-state index is 12.0. The second kappa shape index (κ2) is 12.7. The van der Waals surface area contributed by atoms with E-state index in [1.54, 1.807) is 54.7 Å². The third kappa shape index (κ3) is 8.01. The number of amides is 1. The molecule has 0 atom stereocenters. The molecule has 0 aliphatic carbocycles. The van der Waals surface area contributed by atoms with Crippen molar-refractivity contribution in [2.75, 3.05) is 23.4 Å². The average molecular weight is 564 g/mol. The van der Waals surface area contributed by atoms with Crippen LogP contribution in [0.5, 0.6) is 11.5 Å². The standard InChI is InChI=1S/C25H27Cl2N5O4S/c1-3-37(34,35)15-24(33)29-10-12-32-11-9-22(30-16-28)25(32)17(2)31-19-7-8-23(21(27)14-19)36-20-6-4-5-18(26)13-20/h4-9,11,13-14,16,31H,2-3,10,12,15H2,1H3,(H2,28,30)(H,29,33). The second-order valence-electron chi connectivity index (χ2n) is 7.86. The highest BCUT2D eigenvalue weighted by molar-refractivity contribution is 7.92. The molecule has 0 saturated heterocycles. The summed E-state index contributed by atoms with van der Waals surface area (Å²) in [7, 11) is -3.40. The predicted molar refractivity (Wildman–Crippen MR) is 150 cm³/mol. The zero-order chi connectivity index (χ0) is 27.0. The molecule has 37 heavy (non-hydrogen) atoms. The van der Waals surface area contributed by atoms with Gasteiger partial charge in [0, 0.05) is 35.7 Å². The lowest BCUT2D eigenvalue weighted by atomic mass is 10.2. The number of carbonyl (C=O) groups excluding carboxylic acids is 1. The Morgan fingerprint density at radius 2 is 2.00 bits per heavy atom. The summed E-state index contributed by atoms with van der Waals surface area (Å²) in [5.74, 6) is -0.177. The van der Waals surface area contributed by atoms with E-state index in [2.05, 4.69) is 22.2 Å². The highest BCUT2D eigenvalue weighted by Gasteiger charge is 2.16. The van der Waals surface area contributed by atoms with Crippen LogP contribution in [-0.4, -0.2) is 43.3 Å². The van der Waals surface area contributed by atoms with Crippen molar-refractivity contribution in [2.24, 2.45) is 10.7 Å². The molecule has 0 aliphatic heterocycles. The monoisotopic (exact) mass is 563 g/mol. The van der Waals surface area contributed by atoms with Gasteiger partial charge in [0.15, 0.2) is 9.84 Å². The van der Waals surface area contributed by atoms with Crippen molar-refractivity contribution in [2.45, 2.75) is 13.5 Å². The lowest BCUT2D eigenvalue weighted by molar-refractivity contribution is -0.118. The van der Waals surface area contributed by atoms with Crippen LogP contribution in [0.2, 0.25) is 10.0 Å². The van der Waals surface area contributed by atoms with E-state index in [4.69, 9.17) is 33.7 Å². The van der Waals surface area contributed by atoms with E-state index < -0.39 is 21.5 Å². The van der Waals surface area contributed by atoms with Gasteiger partial charge in [0.05, 0.1) is 28.4 Å². The smallest absolute Gasteiger partial charge is 0.235 e. The van der Waals surface area contributed by atoms with Gasteiger partial charge in [0.1, 0.15) is 17.3 Å². The van der Waals surface area contributed by atoms with Gasteiger partial charge in [-0.15, -0.1) is 0 Å². The van der Waals surface area contributed by atoms with Gasteiger partial charge < -0.3 is 25.7 Å². The topological polar surface area (TPSA) is 128 Å². The van der Waals surface area contributed by atoms with Crippen LogP contribution in [0.15, 0.2) is 66.3 Å². The molecule has 12 heteroatoms. The van der Waals surface area contributed by atoms with E-state index in [9.17, 15) is 13.2 Å². The van der Waals surface area contributed by atoms with Crippen molar-refractivity contribution in [1.29, 1.82) is 0 Å². The third-order valence-electron chi connectivity index (χ3n) is 5.16. The summed E-state index contributed by atoms with van der Waals surface area (Å²) in [4.78, 5) is 16.2. The normalized spacial score (nSPS) is 11.4. The number of carbonyl (C=O) groups is 1. The van der Waals surface area contributed by atoms with Crippen LogP contribution in [0, 0.1) is 0 Å². The summed E-state index contributed by atoms with van der Waals surface area (Å²) in [5, 5.41) is 6.75. The first kappa shape index (κ1) is 28.1. The molecule has 0 bridgehead atoms. The summed E-state index contributed by atoms with van der Waals surface area (Å²) >= 11 is 12.4. The Labute approximate surface area is 225 Å². The van der Waals surface area contributed by atoms with Gasteiger partial charge >= 0.3 is 0 Å². The molecule has 1 heterocycles. The summed E-state index contributed by atoms with van der Waals surface area (Å²) < 4.78 is 30.9. The Hall–Kier alpha value is -3.47. The molecule has 0 aliphatic rings. The van der Waals surface area contributed by atoms with Crippen LogP contribution < -0.4 is 21.1 Å². The third-order valence-corrected chi connectivity index (χ3v) is 7.27. The molecule has 196 valence electrons. The number of nitrogens with two attached hydrogens (primary N) is 1. The molecule has 1 amide bonds. The van der Waals surface area contributed by atoms with Crippen molar-refractivity contribution in [1.82, 2.24) is 9.88 Å². The van der Waals surface area contributed by atoms with Crippen LogP contribution in [0.25, 0.3) is 5.70 Å². The maximum atomic E-state index is 12.0. The zero-order valence-corrected chi connectivity index (χ0v) is 22.4. The van der Waals surface area contributed by atoms with Crippen molar-refractivity contribution in [3.05, 3.63) is 77.0 Å². The summed E-state index contributed by atoms with van der Waals surface area (Å²) in [6.45, 7) is 6.18. The number of hydrogen-bond donors (Lipinski definition) is 3. The number of nitrogens with one attached hydrogen (secondary N) is 2. The molecule has 0 unspecified atom stereocenters. The number of rotatable bonds is 12. The minimum Gasteiger partial charge on any atom is -0.456 e.